The fraction of sp³-hybridized carbons (Fsp3) is 0.875. The molecule has 62 valence electrons. The summed E-state index contributed by atoms with van der Waals surface area (Å²) < 4.78 is 0. The van der Waals surface area contributed by atoms with Crippen molar-refractivity contribution in [2.75, 3.05) is 0 Å². The molecule has 2 heteroatoms. The lowest BCUT2D eigenvalue weighted by Gasteiger charge is -1.95. The van der Waals surface area contributed by atoms with Crippen molar-refractivity contribution in [2.45, 2.75) is 45.4 Å². The fourth-order valence-corrected chi connectivity index (χ4v) is 0.903. The Hall–Kier alpha value is -0.530. The molecule has 0 rings (SSSR count). The summed E-state index contributed by atoms with van der Waals surface area (Å²) in [7, 11) is 0. The maximum Gasteiger partial charge on any atom is 0.217 e. The van der Waals surface area contributed by atoms with Gasteiger partial charge in [-0.25, -0.2) is 0 Å². The molecule has 0 spiro atoms. The quantitative estimate of drug-likeness (QED) is 0.571. The molecule has 0 saturated heterocycles. The van der Waals surface area contributed by atoms with Gasteiger partial charge in [0, 0.05) is 7.85 Å². The summed E-state index contributed by atoms with van der Waals surface area (Å²) >= 11 is 0. The first-order chi connectivity index (χ1) is 4.77. The zero-order valence-corrected chi connectivity index (χ0v) is 6.73. The van der Waals surface area contributed by atoms with Crippen molar-refractivity contribution >= 4 is 5.91 Å². The lowest BCUT2D eigenvalue weighted by molar-refractivity contribution is -0.118. The smallest absolute Gasteiger partial charge is 0.217 e. The minimum absolute atomic E-state index is 0. The molecule has 1 amide bonds. The summed E-state index contributed by atoms with van der Waals surface area (Å²) in [6, 6.07) is 0. The van der Waals surface area contributed by atoms with Crippen molar-refractivity contribution in [1.82, 2.24) is 0 Å². The van der Waals surface area contributed by atoms with Gasteiger partial charge in [-0.3, -0.25) is 4.79 Å². The zero-order chi connectivity index (χ0) is 7.82. The molecule has 0 radical (unpaired) electrons. The number of amides is 1. The van der Waals surface area contributed by atoms with E-state index in [2.05, 4.69) is 6.92 Å². The lowest BCUT2D eigenvalue weighted by Crippen LogP contribution is -2.09. The molecule has 10 heavy (non-hydrogen) atoms. The molecule has 2 N–H and O–H groups in total. The second-order valence-electron chi connectivity index (χ2n) is 2.63. The van der Waals surface area contributed by atoms with Crippen LogP contribution in [0, 0.1) is 0 Å². The van der Waals surface area contributed by atoms with Crippen molar-refractivity contribution in [3.05, 3.63) is 0 Å². The first kappa shape index (κ1) is 9.47. The zero-order valence-electron chi connectivity index (χ0n) is 6.73. The predicted molar refractivity (Wildman–Crippen MR) is 44.7 cm³/mol. The van der Waals surface area contributed by atoms with Gasteiger partial charge in [0.15, 0.2) is 0 Å². The molecule has 0 unspecified atom stereocenters. The first-order valence-electron chi connectivity index (χ1n) is 4.05. The first-order valence-corrected chi connectivity index (χ1v) is 4.05. The van der Waals surface area contributed by atoms with Gasteiger partial charge in [0.05, 0.1) is 0 Å². The molecule has 0 atom stereocenters. The molecule has 0 aliphatic heterocycles. The highest BCUT2D eigenvalue weighted by Gasteiger charge is 1.92. The Balaban J connectivity index is 0. The molecular formula is C8H19NO. The van der Waals surface area contributed by atoms with E-state index in [-0.39, 0.29) is 7.33 Å². The van der Waals surface area contributed by atoms with Crippen molar-refractivity contribution < 1.29 is 6.22 Å². The standard InChI is InChI=1S/C8H17NO.H2/c1-2-3-4-5-6-7-8(9)10;/h2-7H2,1H3,(H2,9,10);1H. The van der Waals surface area contributed by atoms with E-state index in [1.54, 1.807) is 0 Å². The van der Waals surface area contributed by atoms with E-state index in [1.807, 2.05) is 0 Å². The lowest BCUT2D eigenvalue weighted by atomic mass is 10.1. The second-order valence-corrected chi connectivity index (χ2v) is 2.63. The van der Waals surface area contributed by atoms with Gasteiger partial charge in [-0.15, -0.1) is 0 Å². The Morgan fingerprint density at radius 1 is 1.30 bits per heavy atom. The summed E-state index contributed by atoms with van der Waals surface area (Å²) in [4.78, 5) is 10.3. The van der Waals surface area contributed by atoms with Crippen molar-refractivity contribution in [3.63, 3.8) is 0 Å². The Labute approximate surface area is 64.3 Å². The summed E-state index contributed by atoms with van der Waals surface area (Å²) in [5.74, 6) is -0.170. The van der Waals surface area contributed by atoms with Gasteiger partial charge in [0.25, 0.3) is 0 Å². The third-order valence-electron chi connectivity index (χ3n) is 1.53. The molecule has 0 aromatic carbocycles. The van der Waals surface area contributed by atoms with E-state index in [4.69, 9.17) is 5.73 Å². The highest BCUT2D eigenvalue weighted by atomic mass is 16.1. The van der Waals surface area contributed by atoms with Crippen LogP contribution < -0.4 is 5.73 Å². The van der Waals surface area contributed by atoms with Crippen LogP contribution in [0.2, 0.25) is 0 Å². The molecule has 0 fully saturated rings. The Kier molecular flexibility index (Phi) is 6.24. The summed E-state index contributed by atoms with van der Waals surface area (Å²) in [6.45, 7) is 2.17. The minimum Gasteiger partial charge on any atom is -0.370 e. The van der Waals surface area contributed by atoms with Gasteiger partial charge in [0.2, 0.25) is 5.91 Å². The Morgan fingerprint density at radius 2 is 1.90 bits per heavy atom. The molecular weight excluding hydrogens is 126 g/mol. The highest BCUT2D eigenvalue weighted by Crippen LogP contribution is 2.03. The number of unbranched alkanes of at least 4 members (excludes halogenated alkanes) is 4. The molecule has 0 bridgehead atoms. The SMILES string of the molecule is CCCCCCCC(N)=O.[HH]. The van der Waals surface area contributed by atoms with Gasteiger partial charge in [-0.05, 0) is 6.42 Å². The van der Waals surface area contributed by atoms with E-state index in [9.17, 15) is 4.79 Å². The second kappa shape index (κ2) is 6.59. The fourth-order valence-electron chi connectivity index (χ4n) is 0.903. The Bertz CT molecular complexity index is 96.1. The molecule has 0 aliphatic rings. The van der Waals surface area contributed by atoms with Gasteiger partial charge in [-0.1, -0.05) is 32.6 Å². The summed E-state index contributed by atoms with van der Waals surface area (Å²) in [6.07, 6.45) is 6.44. The number of carbonyl (C=O) groups excluding carboxylic acids is 1. The van der Waals surface area contributed by atoms with Crippen LogP contribution in [0.15, 0.2) is 0 Å². The maximum atomic E-state index is 10.3. The van der Waals surface area contributed by atoms with E-state index in [0.29, 0.717) is 6.42 Å². The normalized spacial score (nSPS) is 9.70. The van der Waals surface area contributed by atoms with Crippen LogP contribution in [0.3, 0.4) is 0 Å². The predicted octanol–water partition coefficient (Wildman–Crippen LogP) is 2.08. The average Bonchev–Trinajstić information content (AvgIpc) is 1.87. The van der Waals surface area contributed by atoms with Crippen LogP contribution in [0.4, 0.5) is 0 Å². The molecule has 0 aliphatic carbocycles. The van der Waals surface area contributed by atoms with Crippen molar-refractivity contribution in [2.24, 2.45) is 5.73 Å². The number of rotatable bonds is 6. The van der Waals surface area contributed by atoms with Crippen LogP contribution in [0.5, 0.6) is 0 Å². The molecule has 0 heterocycles. The summed E-state index contributed by atoms with van der Waals surface area (Å²) in [5, 5.41) is 0. The van der Waals surface area contributed by atoms with Gasteiger partial charge in [0.1, 0.15) is 0 Å². The van der Waals surface area contributed by atoms with Crippen molar-refractivity contribution in [3.8, 4) is 0 Å². The van der Waals surface area contributed by atoms with Crippen LogP contribution in [-0.4, -0.2) is 5.91 Å². The van der Waals surface area contributed by atoms with E-state index >= 15 is 0 Å². The van der Waals surface area contributed by atoms with Gasteiger partial charge >= 0.3 is 0 Å². The van der Waals surface area contributed by atoms with E-state index in [1.165, 1.54) is 19.3 Å². The summed E-state index contributed by atoms with van der Waals surface area (Å²) in [5.41, 5.74) is 4.97. The molecule has 2 nitrogen and oxygen atoms in total. The average molecular weight is 145 g/mol. The largest absolute Gasteiger partial charge is 0.370 e. The van der Waals surface area contributed by atoms with Crippen molar-refractivity contribution in [1.29, 1.82) is 0 Å². The van der Waals surface area contributed by atoms with Crippen LogP contribution in [0.25, 0.3) is 0 Å². The number of carbonyl (C=O) groups is 1. The number of primary amides is 1. The van der Waals surface area contributed by atoms with E-state index in [0.717, 1.165) is 12.8 Å². The third kappa shape index (κ3) is 7.47. The molecule has 0 saturated carbocycles. The van der Waals surface area contributed by atoms with Gasteiger partial charge in [-0.2, -0.15) is 0 Å². The van der Waals surface area contributed by atoms with Crippen LogP contribution >= 0.6 is 0 Å². The van der Waals surface area contributed by atoms with E-state index < -0.39 is 0 Å². The van der Waals surface area contributed by atoms with Crippen LogP contribution in [0.1, 0.15) is 46.9 Å². The minimum atomic E-state index is -0.170. The molecule has 0 aromatic heterocycles. The monoisotopic (exact) mass is 145 g/mol. The van der Waals surface area contributed by atoms with Gasteiger partial charge < -0.3 is 5.73 Å². The number of hydrogen-bond acceptors (Lipinski definition) is 1. The third-order valence-corrected chi connectivity index (χ3v) is 1.53. The number of nitrogens with two attached hydrogens (primary N) is 1. The Morgan fingerprint density at radius 3 is 2.40 bits per heavy atom. The highest BCUT2D eigenvalue weighted by molar-refractivity contribution is 5.73. The number of hydrogen-bond donors (Lipinski definition) is 1. The topological polar surface area (TPSA) is 43.1 Å². The molecule has 0 aromatic rings. The maximum absolute atomic E-state index is 10.3. The van der Waals surface area contributed by atoms with Crippen LogP contribution in [-0.2, 0) is 4.79 Å².